The van der Waals surface area contributed by atoms with Crippen molar-refractivity contribution in [3.63, 3.8) is 0 Å². The smallest absolute Gasteiger partial charge is 0.416 e. The summed E-state index contributed by atoms with van der Waals surface area (Å²) in [7, 11) is 1.42. The van der Waals surface area contributed by atoms with Gasteiger partial charge in [0.25, 0.3) is 5.91 Å². The van der Waals surface area contributed by atoms with Crippen molar-refractivity contribution >= 4 is 17.6 Å². The first kappa shape index (κ1) is 23.1. The van der Waals surface area contributed by atoms with E-state index in [1.54, 1.807) is 6.07 Å². The molecule has 0 aliphatic carbocycles. The molecule has 9 heteroatoms. The Balaban J connectivity index is 2.06. The van der Waals surface area contributed by atoms with Gasteiger partial charge in [-0.05, 0) is 57.2 Å². The molecular formula is C21H22F3NO5. The van der Waals surface area contributed by atoms with Crippen molar-refractivity contribution in [2.45, 2.75) is 39.2 Å². The molecule has 162 valence electrons. The number of rotatable bonds is 7. The number of anilines is 1. The number of hydrogen-bond acceptors (Lipinski definition) is 5. The Kier molecular flexibility index (Phi) is 7.31. The van der Waals surface area contributed by atoms with E-state index in [4.69, 9.17) is 14.2 Å². The SMILES string of the molecule is COc1cc(C(=O)OC(C)C(=O)Nc2cccc(C(F)(F)F)c2)ccc1OC(C)C. The summed E-state index contributed by atoms with van der Waals surface area (Å²) in [6.45, 7) is 4.99. The van der Waals surface area contributed by atoms with Crippen molar-refractivity contribution in [1.29, 1.82) is 0 Å². The molecule has 0 heterocycles. The topological polar surface area (TPSA) is 73.9 Å². The first-order valence-electron chi connectivity index (χ1n) is 9.05. The van der Waals surface area contributed by atoms with Gasteiger partial charge >= 0.3 is 12.1 Å². The van der Waals surface area contributed by atoms with Gasteiger partial charge in [0.2, 0.25) is 0 Å². The van der Waals surface area contributed by atoms with Gasteiger partial charge in [-0.15, -0.1) is 0 Å². The summed E-state index contributed by atoms with van der Waals surface area (Å²) in [5.74, 6) is -0.802. The van der Waals surface area contributed by atoms with Gasteiger partial charge in [-0.1, -0.05) is 6.07 Å². The number of ether oxygens (including phenoxy) is 3. The lowest BCUT2D eigenvalue weighted by atomic mass is 10.2. The van der Waals surface area contributed by atoms with E-state index in [0.717, 1.165) is 12.1 Å². The van der Waals surface area contributed by atoms with Crippen LogP contribution in [-0.4, -0.2) is 31.2 Å². The van der Waals surface area contributed by atoms with Crippen LogP contribution in [0.25, 0.3) is 0 Å². The van der Waals surface area contributed by atoms with Crippen LogP contribution in [0.1, 0.15) is 36.7 Å². The van der Waals surface area contributed by atoms with Crippen molar-refractivity contribution < 1.29 is 37.0 Å². The van der Waals surface area contributed by atoms with E-state index in [-0.39, 0.29) is 17.4 Å². The van der Waals surface area contributed by atoms with Crippen LogP contribution in [0, 0.1) is 0 Å². The van der Waals surface area contributed by atoms with Crippen molar-refractivity contribution in [2.75, 3.05) is 12.4 Å². The van der Waals surface area contributed by atoms with E-state index in [9.17, 15) is 22.8 Å². The van der Waals surface area contributed by atoms with Gasteiger partial charge in [-0.25, -0.2) is 4.79 Å². The largest absolute Gasteiger partial charge is 0.493 e. The molecule has 0 bridgehead atoms. The molecular weight excluding hydrogens is 403 g/mol. The van der Waals surface area contributed by atoms with Crippen LogP contribution in [0.5, 0.6) is 11.5 Å². The zero-order valence-corrected chi connectivity index (χ0v) is 16.9. The Morgan fingerprint density at radius 2 is 1.70 bits per heavy atom. The summed E-state index contributed by atoms with van der Waals surface area (Å²) in [5.41, 5.74) is -0.836. The summed E-state index contributed by atoms with van der Waals surface area (Å²) in [6.07, 6.45) is -5.88. The zero-order valence-electron chi connectivity index (χ0n) is 16.9. The number of benzene rings is 2. The van der Waals surface area contributed by atoms with Crippen LogP contribution in [0.15, 0.2) is 42.5 Å². The number of carbonyl (C=O) groups is 2. The normalized spacial score (nSPS) is 12.3. The number of nitrogens with one attached hydrogen (secondary N) is 1. The van der Waals surface area contributed by atoms with Gasteiger partial charge in [0.1, 0.15) is 0 Å². The van der Waals surface area contributed by atoms with Gasteiger partial charge < -0.3 is 19.5 Å². The molecule has 0 radical (unpaired) electrons. The molecule has 0 aliphatic rings. The number of amides is 1. The molecule has 2 aromatic carbocycles. The Bertz CT molecular complexity index is 912. The third-order valence-corrected chi connectivity index (χ3v) is 3.87. The highest BCUT2D eigenvalue weighted by atomic mass is 19.4. The maximum Gasteiger partial charge on any atom is 0.416 e. The highest BCUT2D eigenvalue weighted by Gasteiger charge is 2.30. The number of hydrogen-bond donors (Lipinski definition) is 1. The van der Waals surface area contributed by atoms with E-state index >= 15 is 0 Å². The third kappa shape index (κ3) is 6.13. The number of carbonyl (C=O) groups excluding carboxylic acids is 2. The molecule has 1 atom stereocenters. The maximum atomic E-state index is 12.8. The molecule has 6 nitrogen and oxygen atoms in total. The number of methoxy groups -OCH3 is 1. The predicted molar refractivity (Wildman–Crippen MR) is 104 cm³/mol. The molecule has 1 unspecified atom stereocenters. The second-order valence-electron chi connectivity index (χ2n) is 6.65. The first-order chi connectivity index (χ1) is 14.0. The minimum atomic E-state index is -4.54. The molecule has 1 amide bonds. The van der Waals surface area contributed by atoms with E-state index in [1.165, 1.54) is 38.3 Å². The van der Waals surface area contributed by atoms with Crippen molar-refractivity contribution in [3.05, 3.63) is 53.6 Å². The fourth-order valence-electron chi connectivity index (χ4n) is 2.45. The third-order valence-electron chi connectivity index (χ3n) is 3.87. The van der Waals surface area contributed by atoms with Crippen LogP contribution in [0.2, 0.25) is 0 Å². The monoisotopic (exact) mass is 425 g/mol. The summed E-state index contributed by atoms with van der Waals surface area (Å²) in [4.78, 5) is 24.6. The van der Waals surface area contributed by atoms with E-state index in [1.807, 2.05) is 13.8 Å². The van der Waals surface area contributed by atoms with Crippen LogP contribution >= 0.6 is 0 Å². The second-order valence-corrected chi connectivity index (χ2v) is 6.65. The molecule has 2 rings (SSSR count). The van der Waals surface area contributed by atoms with Gasteiger partial charge in [-0.2, -0.15) is 13.2 Å². The Morgan fingerprint density at radius 1 is 1.00 bits per heavy atom. The van der Waals surface area contributed by atoms with Crippen molar-refractivity contribution in [3.8, 4) is 11.5 Å². The Labute approximate surface area is 171 Å². The lowest BCUT2D eigenvalue weighted by Gasteiger charge is -2.16. The summed E-state index contributed by atoms with van der Waals surface area (Å²) in [6, 6.07) is 8.58. The van der Waals surface area contributed by atoms with E-state index in [0.29, 0.717) is 11.5 Å². The predicted octanol–water partition coefficient (Wildman–Crippen LogP) is 4.69. The lowest BCUT2D eigenvalue weighted by molar-refractivity contribution is -0.137. The molecule has 0 spiro atoms. The average molecular weight is 425 g/mol. The van der Waals surface area contributed by atoms with Crippen LogP contribution in [0.4, 0.5) is 18.9 Å². The minimum absolute atomic E-state index is 0.0606. The van der Waals surface area contributed by atoms with Gasteiger partial charge in [0, 0.05) is 5.69 Å². The molecule has 0 aromatic heterocycles. The fourth-order valence-corrected chi connectivity index (χ4v) is 2.45. The van der Waals surface area contributed by atoms with Gasteiger partial charge in [0.05, 0.1) is 24.3 Å². The van der Waals surface area contributed by atoms with E-state index < -0.39 is 29.7 Å². The molecule has 0 aliphatic heterocycles. The number of alkyl halides is 3. The Morgan fingerprint density at radius 3 is 2.30 bits per heavy atom. The molecule has 1 N–H and O–H groups in total. The van der Waals surface area contributed by atoms with Crippen LogP contribution in [-0.2, 0) is 15.7 Å². The number of halogens is 3. The Hall–Kier alpha value is -3.23. The maximum absolute atomic E-state index is 12.8. The summed E-state index contributed by atoms with van der Waals surface area (Å²) < 4.78 is 54.2. The fraction of sp³-hybridized carbons (Fsp3) is 0.333. The molecule has 2 aromatic rings. The van der Waals surface area contributed by atoms with Crippen molar-refractivity contribution in [2.24, 2.45) is 0 Å². The summed E-state index contributed by atoms with van der Waals surface area (Å²) in [5, 5.41) is 2.30. The average Bonchev–Trinajstić information content (AvgIpc) is 2.67. The number of esters is 1. The molecule has 0 saturated carbocycles. The zero-order chi connectivity index (χ0) is 22.5. The van der Waals surface area contributed by atoms with Crippen molar-refractivity contribution in [1.82, 2.24) is 0 Å². The highest BCUT2D eigenvalue weighted by molar-refractivity contribution is 5.97. The quantitative estimate of drug-likeness (QED) is 0.652. The second kappa shape index (κ2) is 9.51. The standard InChI is InChI=1S/C21H22F3NO5/c1-12(2)29-17-9-8-14(10-18(17)28-4)20(27)30-13(3)19(26)25-16-7-5-6-15(11-16)21(22,23)24/h5-13H,1-4H3,(H,25,26). The molecule has 30 heavy (non-hydrogen) atoms. The van der Waals surface area contributed by atoms with Gasteiger partial charge in [0.15, 0.2) is 17.6 Å². The minimum Gasteiger partial charge on any atom is -0.493 e. The van der Waals surface area contributed by atoms with Gasteiger partial charge in [-0.3, -0.25) is 4.79 Å². The molecule has 0 saturated heterocycles. The highest BCUT2D eigenvalue weighted by Crippen LogP contribution is 2.31. The van der Waals surface area contributed by atoms with Crippen LogP contribution < -0.4 is 14.8 Å². The first-order valence-corrected chi connectivity index (χ1v) is 9.05. The lowest BCUT2D eigenvalue weighted by Crippen LogP contribution is -2.30. The van der Waals surface area contributed by atoms with Crippen LogP contribution in [0.3, 0.4) is 0 Å². The summed E-state index contributed by atoms with van der Waals surface area (Å²) >= 11 is 0. The molecule has 0 fully saturated rings. The van der Waals surface area contributed by atoms with E-state index in [2.05, 4.69) is 5.32 Å².